The number of likely N-dealkylation sites (tertiary alicyclic amines) is 1. The van der Waals surface area contributed by atoms with Gasteiger partial charge < -0.3 is 20.0 Å². The molecule has 2 aliphatic rings. The van der Waals surface area contributed by atoms with Gasteiger partial charge in [0.2, 0.25) is 11.8 Å². The lowest BCUT2D eigenvalue weighted by molar-refractivity contribution is -0.139. The molecule has 1 N–H and O–H groups in total. The Balaban J connectivity index is 1.54. The maximum Gasteiger partial charge on any atom is 0.243 e. The summed E-state index contributed by atoms with van der Waals surface area (Å²) in [6.07, 6.45) is 6.81. The third kappa shape index (κ3) is 6.26. The molecule has 1 fully saturated rings. The lowest BCUT2D eigenvalue weighted by atomic mass is 10.0. The van der Waals surface area contributed by atoms with Gasteiger partial charge in [-0.05, 0) is 50.4 Å². The minimum absolute atomic E-state index is 0.0780. The molecule has 0 aromatic heterocycles. The summed E-state index contributed by atoms with van der Waals surface area (Å²) in [6, 6.07) is 8.21. The van der Waals surface area contributed by atoms with Crippen LogP contribution in [0.4, 0.5) is 0 Å². The van der Waals surface area contributed by atoms with E-state index < -0.39 is 11.5 Å². The van der Waals surface area contributed by atoms with E-state index in [1.54, 1.807) is 4.90 Å². The Hall–Kier alpha value is -2.48. The number of carbonyl (C=O) groups excluding carboxylic acids is 2. The van der Waals surface area contributed by atoms with Crippen molar-refractivity contribution in [3.05, 3.63) is 47.7 Å². The van der Waals surface area contributed by atoms with Crippen molar-refractivity contribution in [1.29, 1.82) is 0 Å². The molecule has 2 heterocycles. The first-order valence-corrected chi connectivity index (χ1v) is 11.3. The number of carbonyl (C=O) groups is 2. The average Bonchev–Trinajstić information content (AvgIpc) is 3.40. The first-order valence-electron chi connectivity index (χ1n) is 10.7. The molecule has 168 valence electrons. The molecule has 8 heteroatoms. The van der Waals surface area contributed by atoms with Crippen LogP contribution in [0.3, 0.4) is 0 Å². The topological polar surface area (TPSA) is 74.2 Å². The summed E-state index contributed by atoms with van der Waals surface area (Å²) in [5, 5.41) is 6.86. The summed E-state index contributed by atoms with van der Waals surface area (Å²) < 4.78 is 0. The van der Waals surface area contributed by atoms with Crippen LogP contribution in [0, 0.1) is 0 Å². The zero-order chi connectivity index (χ0) is 22.4. The second kappa shape index (κ2) is 10.7. The zero-order valence-electron chi connectivity index (χ0n) is 18.5. The van der Waals surface area contributed by atoms with E-state index in [0.29, 0.717) is 25.6 Å². The highest BCUT2D eigenvalue weighted by molar-refractivity contribution is 7.80. The fourth-order valence-electron chi connectivity index (χ4n) is 4.02. The number of nitrogens with one attached hydrogen (secondary N) is 1. The van der Waals surface area contributed by atoms with Gasteiger partial charge in [0.05, 0.1) is 18.2 Å². The zero-order valence-corrected chi connectivity index (χ0v) is 19.3. The number of nitrogens with zero attached hydrogens (tertiary/aromatic N) is 3. The Morgan fingerprint density at radius 1 is 1.35 bits per heavy atom. The van der Waals surface area contributed by atoms with Gasteiger partial charge in [-0.2, -0.15) is 0 Å². The van der Waals surface area contributed by atoms with Gasteiger partial charge in [0.15, 0.2) is 5.44 Å². The number of oxime groups is 1. The van der Waals surface area contributed by atoms with E-state index >= 15 is 0 Å². The van der Waals surface area contributed by atoms with Crippen molar-refractivity contribution in [2.45, 2.75) is 63.6 Å². The van der Waals surface area contributed by atoms with Gasteiger partial charge in [0.1, 0.15) is 6.04 Å². The molecule has 31 heavy (non-hydrogen) atoms. The summed E-state index contributed by atoms with van der Waals surface area (Å²) in [4.78, 5) is 34.5. The number of benzene rings is 1. The van der Waals surface area contributed by atoms with Gasteiger partial charge in [-0.25, -0.2) is 0 Å². The monoisotopic (exact) mass is 444 g/mol. The van der Waals surface area contributed by atoms with Crippen LogP contribution in [0.5, 0.6) is 0 Å². The Morgan fingerprint density at radius 3 is 2.87 bits per heavy atom. The largest absolute Gasteiger partial charge is 0.381 e. The summed E-state index contributed by atoms with van der Waals surface area (Å²) in [7, 11) is 2.07. The van der Waals surface area contributed by atoms with Crippen LogP contribution in [0.25, 0.3) is 0 Å². The Kier molecular flexibility index (Phi) is 8.01. The summed E-state index contributed by atoms with van der Waals surface area (Å²) in [6.45, 7) is 4.63. The van der Waals surface area contributed by atoms with Crippen LogP contribution >= 0.6 is 12.6 Å². The third-order valence-corrected chi connectivity index (χ3v) is 5.85. The number of hydrogen-bond donors (Lipinski definition) is 2. The van der Waals surface area contributed by atoms with Crippen LogP contribution in [-0.4, -0.2) is 52.4 Å². The molecule has 3 rings (SSSR count). The SMILES string of the molecule is CC(C)=NOC(S)CC(=O)N1CCC[C@H]1C(=O)NCc1cccc(C2CC=CN2C)c1. The second-order valence-corrected chi connectivity index (χ2v) is 8.89. The molecule has 0 saturated carbocycles. The van der Waals surface area contributed by atoms with Crippen molar-refractivity contribution in [3.8, 4) is 0 Å². The molecular weight excluding hydrogens is 412 g/mol. The van der Waals surface area contributed by atoms with Gasteiger partial charge in [0.25, 0.3) is 0 Å². The van der Waals surface area contributed by atoms with Crippen LogP contribution in [0.1, 0.15) is 56.7 Å². The predicted octanol–water partition coefficient (Wildman–Crippen LogP) is 3.24. The van der Waals surface area contributed by atoms with Gasteiger partial charge in [0, 0.05) is 20.1 Å². The molecule has 7 nitrogen and oxygen atoms in total. The molecular formula is C23H32N4O3S. The van der Waals surface area contributed by atoms with Gasteiger partial charge in [-0.3, -0.25) is 9.59 Å². The van der Waals surface area contributed by atoms with E-state index in [0.717, 1.165) is 24.1 Å². The maximum absolute atomic E-state index is 12.8. The van der Waals surface area contributed by atoms with E-state index in [9.17, 15) is 9.59 Å². The number of hydrogen-bond acceptors (Lipinski definition) is 6. The number of thiol groups is 1. The molecule has 0 bridgehead atoms. The van der Waals surface area contributed by atoms with Crippen molar-refractivity contribution in [1.82, 2.24) is 15.1 Å². The lowest BCUT2D eigenvalue weighted by Gasteiger charge is -2.25. The molecule has 1 aromatic carbocycles. The third-order valence-electron chi connectivity index (χ3n) is 5.58. The van der Waals surface area contributed by atoms with E-state index in [1.165, 1.54) is 5.56 Å². The summed E-state index contributed by atoms with van der Waals surface area (Å²) in [5.74, 6) is -0.254. The molecule has 1 aromatic rings. The van der Waals surface area contributed by atoms with Crippen LogP contribution in [0.15, 0.2) is 41.7 Å². The molecule has 2 unspecified atom stereocenters. The molecule has 1 saturated heterocycles. The van der Waals surface area contributed by atoms with E-state index in [1.807, 2.05) is 26.0 Å². The number of rotatable bonds is 8. The Labute approximate surface area is 189 Å². The van der Waals surface area contributed by atoms with Crippen LogP contribution in [0.2, 0.25) is 0 Å². The Bertz CT molecular complexity index is 853. The van der Waals surface area contributed by atoms with Crippen molar-refractivity contribution in [2.75, 3.05) is 13.6 Å². The van der Waals surface area contributed by atoms with E-state index in [2.05, 4.69) is 59.5 Å². The highest BCUT2D eigenvalue weighted by Crippen LogP contribution is 2.29. The molecule has 2 aliphatic heterocycles. The average molecular weight is 445 g/mol. The predicted molar refractivity (Wildman–Crippen MR) is 125 cm³/mol. The second-order valence-electron chi connectivity index (χ2n) is 8.31. The van der Waals surface area contributed by atoms with Crippen molar-refractivity contribution < 1.29 is 14.4 Å². The molecule has 2 amide bonds. The highest BCUT2D eigenvalue weighted by atomic mass is 32.1. The van der Waals surface area contributed by atoms with Gasteiger partial charge in [-0.1, -0.05) is 35.5 Å². The van der Waals surface area contributed by atoms with Crippen molar-refractivity contribution in [2.24, 2.45) is 5.16 Å². The standard InChI is InChI=1S/C23H32N4O3S/c1-16(2)25-30-22(31)14-21(28)27-12-6-10-20(27)23(29)24-15-17-7-4-8-18(13-17)19-9-5-11-26(19)3/h4-5,7-8,11,13,19-20,22,31H,6,9-10,12,14-15H2,1-3H3,(H,24,29)/t19?,20-,22?/m0/s1. The maximum atomic E-state index is 12.8. The molecule has 0 radical (unpaired) electrons. The minimum atomic E-state index is -0.627. The van der Waals surface area contributed by atoms with Crippen LogP contribution in [-0.2, 0) is 21.0 Å². The van der Waals surface area contributed by atoms with E-state index in [-0.39, 0.29) is 18.2 Å². The fourth-order valence-corrected chi connectivity index (χ4v) is 4.23. The number of amides is 2. The fraction of sp³-hybridized carbons (Fsp3) is 0.522. The van der Waals surface area contributed by atoms with Crippen molar-refractivity contribution >= 4 is 30.2 Å². The minimum Gasteiger partial charge on any atom is -0.381 e. The van der Waals surface area contributed by atoms with Gasteiger partial charge >= 0.3 is 0 Å². The first-order chi connectivity index (χ1) is 14.8. The van der Waals surface area contributed by atoms with Gasteiger partial charge in [-0.15, -0.1) is 12.6 Å². The molecule has 3 atom stereocenters. The normalized spacial score (nSPS) is 21.2. The summed E-state index contributed by atoms with van der Waals surface area (Å²) >= 11 is 4.27. The quantitative estimate of drug-likeness (QED) is 0.279. The highest BCUT2D eigenvalue weighted by Gasteiger charge is 2.34. The molecule has 0 aliphatic carbocycles. The van der Waals surface area contributed by atoms with Crippen LogP contribution < -0.4 is 5.32 Å². The smallest absolute Gasteiger partial charge is 0.243 e. The summed E-state index contributed by atoms with van der Waals surface area (Å²) in [5.41, 5.74) is 2.42. The molecule has 0 spiro atoms. The lowest BCUT2D eigenvalue weighted by Crippen LogP contribution is -2.46. The first kappa shape index (κ1) is 23.2. The van der Waals surface area contributed by atoms with E-state index in [4.69, 9.17) is 4.84 Å². The Morgan fingerprint density at radius 2 is 2.16 bits per heavy atom. The van der Waals surface area contributed by atoms with Crippen molar-refractivity contribution in [3.63, 3.8) is 0 Å².